The van der Waals surface area contributed by atoms with Crippen molar-refractivity contribution in [1.82, 2.24) is 0 Å². The maximum absolute atomic E-state index is 12.2. The zero-order valence-electron chi connectivity index (χ0n) is 19.8. The quantitative estimate of drug-likeness (QED) is 0.662. The van der Waals surface area contributed by atoms with Gasteiger partial charge in [0.05, 0.1) is 12.2 Å². The van der Waals surface area contributed by atoms with Crippen LogP contribution in [-0.4, -0.2) is 24.0 Å². The van der Waals surface area contributed by atoms with Gasteiger partial charge >= 0.3 is 0 Å². The lowest BCUT2D eigenvalue weighted by atomic mass is 9.45. The highest BCUT2D eigenvalue weighted by Gasteiger charge is 2.65. The zero-order valence-corrected chi connectivity index (χ0v) is 19.8. The monoisotopic (exact) mass is 413 g/mol. The molecule has 1 aliphatic heterocycles. The van der Waals surface area contributed by atoms with Crippen LogP contribution in [0, 0.1) is 46.3 Å². The van der Waals surface area contributed by atoms with E-state index in [0.29, 0.717) is 35.9 Å². The lowest BCUT2D eigenvalue weighted by Gasteiger charge is -2.59. The number of hydrogen-bond donors (Lipinski definition) is 1. The summed E-state index contributed by atoms with van der Waals surface area (Å²) in [5.74, 6) is 4.58. The number of ketones is 1. The summed E-state index contributed by atoms with van der Waals surface area (Å²) in [6, 6.07) is -0.00125. The molecule has 0 spiro atoms. The molecule has 0 bridgehead atoms. The van der Waals surface area contributed by atoms with Crippen molar-refractivity contribution in [3.63, 3.8) is 0 Å². The third-order valence-corrected chi connectivity index (χ3v) is 10.8. The van der Waals surface area contributed by atoms with Crippen LogP contribution >= 0.6 is 0 Å². The van der Waals surface area contributed by atoms with Crippen LogP contribution in [0.15, 0.2) is 11.6 Å². The second kappa shape index (κ2) is 7.17. The van der Waals surface area contributed by atoms with Crippen LogP contribution in [0.4, 0.5) is 0 Å². The van der Waals surface area contributed by atoms with E-state index in [4.69, 9.17) is 10.5 Å². The molecule has 5 rings (SSSR count). The number of fused-ring (bicyclic) bond motifs is 7. The van der Waals surface area contributed by atoms with Crippen LogP contribution in [0.5, 0.6) is 0 Å². The fourth-order valence-electron chi connectivity index (χ4n) is 9.20. The summed E-state index contributed by atoms with van der Waals surface area (Å²) in [4.78, 5) is 12.2. The van der Waals surface area contributed by atoms with Gasteiger partial charge in [-0.05, 0) is 91.9 Å². The smallest absolute Gasteiger partial charge is 0.157 e. The predicted octanol–water partition coefficient (Wildman–Crippen LogP) is 5.52. The Hall–Kier alpha value is -0.670. The maximum atomic E-state index is 12.2. The first kappa shape index (κ1) is 21.2. The largest absolute Gasteiger partial charge is 0.374 e. The predicted molar refractivity (Wildman–Crippen MR) is 121 cm³/mol. The summed E-state index contributed by atoms with van der Waals surface area (Å²) in [6.07, 6.45) is 12.1. The van der Waals surface area contributed by atoms with Crippen LogP contribution in [-0.2, 0) is 9.53 Å². The van der Waals surface area contributed by atoms with Gasteiger partial charge in [0.15, 0.2) is 5.78 Å². The van der Waals surface area contributed by atoms with Gasteiger partial charge in [0.1, 0.15) is 0 Å². The summed E-state index contributed by atoms with van der Waals surface area (Å²) in [6.45, 7) is 12.2. The molecule has 2 unspecified atom stereocenters. The van der Waals surface area contributed by atoms with Crippen LogP contribution in [0.2, 0.25) is 0 Å². The van der Waals surface area contributed by atoms with Crippen molar-refractivity contribution in [3.05, 3.63) is 11.6 Å². The van der Waals surface area contributed by atoms with E-state index in [0.717, 1.165) is 30.1 Å². The molecular formula is C27H43NO2. The minimum absolute atomic E-state index is 0.00125. The second-order valence-electron chi connectivity index (χ2n) is 12.5. The molecule has 0 aromatic rings. The molecule has 0 aromatic heterocycles. The molecule has 0 aromatic carbocycles. The van der Waals surface area contributed by atoms with Gasteiger partial charge in [0, 0.05) is 17.9 Å². The van der Waals surface area contributed by atoms with Crippen molar-refractivity contribution >= 4 is 5.78 Å². The highest BCUT2D eigenvalue weighted by molar-refractivity contribution is 5.92. The topological polar surface area (TPSA) is 52.3 Å². The first-order valence-electron chi connectivity index (χ1n) is 12.8. The zero-order chi connectivity index (χ0) is 21.4. The standard InChI is InChI=1S/C27H43NO2/c1-15(2)6-9-22-16(3)25-23(30-22)14-21-19-8-7-17-12-18(29)13-24(28)27(17,5)20(19)10-11-26(21,25)4/h12,15-16,19-25H,6-11,13-14,28H2,1-5H3/t16-,19-,20+,21+,22?,23+,24?,25+,26+,27+/m1/s1. The van der Waals surface area contributed by atoms with E-state index in [2.05, 4.69) is 34.6 Å². The molecule has 3 saturated carbocycles. The highest BCUT2D eigenvalue weighted by Crippen LogP contribution is 2.69. The Kier molecular flexibility index (Phi) is 5.06. The molecule has 168 valence electrons. The first-order chi connectivity index (χ1) is 14.2. The van der Waals surface area contributed by atoms with Crippen LogP contribution in [0.3, 0.4) is 0 Å². The molecule has 2 N–H and O–H groups in total. The van der Waals surface area contributed by atoms with Crippen molar-refractivity contribution in [2.75, 3.05) is 0 Å². The molecule has 0 radical (unpaired) electrons. The maximum Gasteiger partial charge on any atom is 0.157 e. The van der Waals surface area contributed by atoms with Crippen LogP contribution in [0.25, 0.3) is 0 Å². The van der Waals surface area contributed by atoms with Crippen LogP contribution < -0.4 is 5.73 Å². The number of hydrogen-bond acceptors (Lipinski definition) is 3. The van der Waals surface area contributed by atoms with Gasteiger partial charge in [0.2, 0.25) is 0 Å². The average molecular weight is 414 g/mol. The second-order valence-corrected chi connectivity index (χ2v) is 12.5. The number of carbonyl (C=O) groups excluding carboxylic acids is 1. The Balaban J connectivity index is 1.39. The van der Waals surface area contributed by atoms with Crippen molar-refractivity contribution in [2.24, 2.45) is 52.1 Å². The molecule has 1 heterocycles. The lowest BCUT2D eigenvalue weighted by Crippen LogP contribution is -2.57. The first-order valence-corrected chi connectivity index (χ1v) is 12.8. The minimum atomic E-state index is -0.00125. The number of rotatable bonds is 3. The molecule has 5 aliphatic rings. The van der Waals surface area contributed by atoms with E-state index in [-0.39, 0.29) is 17.2 Å². The molecule has 0 amide bonds. The van der Waals surface area contributed by atoms with Crippen molar-refractivity contribution in [2.45, 2.75) is 104 Å². The Bertz CT molecular complexity index is 743. The van der Waals surface area contributed by atoms with Gasteiger partial charge in [-0.1, -0.05) is 40.2 Å². The van der Waals surface area contributed by atoms with Gasteiger partial charge in [-0.15, -0.1) is 0 Å². The van der Waals surface area contributed by atoms with Crippen molar-refractivity contribution in [1.29, 1.82) is 0 Å². The summed E-state index contributed by atoms with van der Waals surface area (Å²) in [5.41, 5.74) is 8.51. The summed E-state index contributed by atoms with van der Waals surface area (Å²) < 4.78 is 6.77. The van der Waals surface area contributed by atoms with Gasteiger partial charge in [-0.2, -0.15) is 0 Å². The third-order valence-electron chi connectivity index (χ3n) is 10.8. The van der Waals surface area contributed by atoms with E-state index in [1.807, 2.05) is 6.08 Å². The molecule has 3 nitrogen and oxygen atoms in total. The van der Waals surface area contributed by atoms with Gasteiger partial charge in [0.25, 0.3) is 0 Å². The van der Waals surface area contributed by atoms with Gasteiger partial charge in [-0.25, -0.2) is 0 Å². The molecule has 1 saturated heterocycles. The summed E-state index contributed by atoms with van der Waals surface area (Å²) in [5, 5.41) is 0. The highest BCUT2D eigenvalue weighted by atomic mass is 16.5. The Morgan fingerprint density at radius 1 is 1.23 bits per heavy atom. The van der Waals surface area contributed by atoms with Crippen molar-refractivity contribution < 1.29 is 9.53 Å². The number of carbonyl (C=O) groups is 1. The average Bonchev–Trinajstić information content (AvgIpc) is 3.15. The number of ether oxygens (including phenoxy) is 1. The fraction of sp³-hybridized carbons (Fsp3) is 0.889. The summed E-state index contributed by atoms with van der Waals surface area (Å²) >= 11 is 0. The minimum Gasteiger partial charge on any atom is -0.374 e. The van der Waals surface area contributed by atoms with Crippen molar-refractivity contribution in [3.8, 4) is 0 Å². The van der Waals surface area contributed by atoms with E-state index in [9.17, 15) is 4.79 Å². The molecule has 30 heavy (non-hydrogen) atoms. The lowest BCUT2D eigenvalue weighted by molar-refractivity contribution is -0.118. The van der Waals surface area contributed by atoms with Gasteiger partial charge in [-0.3, -0.25) is 4.79 Å². The normalized spacial score (nSPS) is 52.5. The fourth-order valence-corrected chi connectivity index (χ4v) is 9.20. The molecule has 4 aliphatic carbocycles. The third kappa shape index (κ3) is 2.86. The summed E-state index contributed by atoms with van der Waals surface area (Å²) in [7, 11) is 0. The Labute approximate surface area is 183 Å². The van der Waals surface area contributed by atoms with Crippen LogP contribution in [0.1, 0.15) is 86.0 Å². The molecule has 3 heteroatoms. The Morgan fingerprint density at radius 3 is 2.73 bits per heavy atom. The molecular weight excluding hydrogens is 370 g/mol. The molecule has 4 fully saturated rings. The molecule has 10 atom stereocenters. The Morgan fingerprint density at radius 2 is 2.00 bits per heavy atom. The van der Waals surface area contributed by atoms with E-state index in [1.54, 1.807) is 0 Å². The number of nitrogens with two attached hydrogens (primary N) is 1. The van der Waals surface area contributed by atoms with E-state index < -0.39 is 0 Å². The van der Waals surface area contributed by atoms with E-state index >= 15 is 0 Å². The van der Waals surface area contributed by atoms with E-state index in [1.165, 1.54) is 44.1 Å². The SMILES string of the molecule is CC(C)CCC1O[C@H]2C[C@H]3[C@@H]4CCC5=CC(=O)CC(N)[C@]5(C)[C@H]4CC[C@]3(C)[C@H]2[C@@H]1C. The van der Waals surface area contributed by atoms with Gasteiger partial charge < -0.3 is 10.5 Å².